The van der Waals surface area contributed by atoms with E-state index in [0.29, 0.717) is 0 Å². The molecule has 6 nitrogen and oxygen atoms in total. The Bertz CT molecular complexity index is 144. The Kier molecular flexibility index (Phi) is 4.64. The van der Waals surface area contributed by atoms with Crippen molar-refractivity contribution < 1.29 is 8.76 Å². The summed E-state index contributed by atoms with van der Waals surface area (Å²) in [7, 11) is 0. The first-order valence-electron chi connectivity index (χ1n) is 1.87. The Hall–Kier alpha value is -0.950. The van der Waals surface area contributed by atoms with Gasteiger partial charge in [-0.15, -0.1) is 0 Å². The first-order chi connectivity index (χ1) is 4.27. The highest BCUT2D eigenvalue weighted by atomic mass is 32.2. The highest BCUT2D eigenvalue weighted by molar-refractivity contribution is 7.93. The standard InChI is InChI=1S/C2H6N4O2S/c3-4-1-5-6-2-9(7)8/h1-2H,3H2,(H,4,5)(H,7,8). The summed E-state index contributed by atoms with van der Waals surface area (Å²) in [6.45, 7) is 0. The van der Waals surface area contributed by atoms with Gasteiger partial charge in [-0.1, -0.05) is 0 Å². The number of hydrazone groups is 2. The zero-order valence-electron chi connectivity index (χ0n) is 4.39. The van der Waals surface area contributed by atoms with E-state index >= 15 is 0 Å². The summed E-state index contributed by atoms with van der Waals surface area (Å²) in [5, 5.41) is 6.21. The van der Waals surface area contributed by atoms with Gasteiger partial charge in [0.1, 0.15) is 11.9 Å². The van der Waals surface area contributed by atoms with E-state index in [1.807, 2.05) is 0 Å². The van der Waals surface area contributed by atoms with E-state index < -0.39 is 11.1 Å². The molecule has 52 valence electrons. The molecule has 0 aliphatic heterocycles. The molecule has 0 aliphatic carbocycles. The average Bonchev–Trinajstić information content (AvgIpc) is 1.80. The van der Waals surface area contributed by atoms with Crippen molar-refractivity contribution in [2.45, 2.75) is 0 Å². The van der Waals surface area contributed by atoms with Crippen LogP contribution in [-0.2, 0) is 11.1 Å². The van der Waals surface area contributed by atoms with Crippen molar-refractivity contribution in [1.82, 2.24) is 5.43 Å². The third-order valence-corrected chi connectivity index (χ3v) is 0.635. The molecular formula is C2H6N4O2S. The molecular weight excluding hydrogens is 144 g/mol. The topological polar surface area (TPSA) is 100 Å². The van der Waals surface area contributed by atoms with Gasteiger partial charge in [0.25, 0.3) is 0 Å². The van der Waals surface area contributed by atoms with Gasteiger partial charge < -0.3 is 10.4 Å². The summed E-state index contributed by atoms with van der Waals surface area (Å²) in [6.07, 6.45) is 1.07. The molecule has 0 aliphatic rings. The van der Waals surface area contributed by atoms with Crippen LogP contribution in [0.4, 0.5) is 0 Å². The Morgan fingerprint density at radius 2 is 2.44 bits per heavy atom. The van der Waals surface area contributed by atoms with E-state index in [4.69, 9.17) is 4.55 Å². The summed E-state index contributed by atoms with van der Waals surface area (Å²) in [5.74, 6) is 4.64. The van der Waals surface area contributed by atoms with E-state index in [1.165, 1.54) is 0 Å². The van der Waals surface area contributed by atoms with Gasteiger partial charge in [0.05, 0.1) is 0 Å². The summed E-state index contributed by atoms with van der Waals surface area (Å²) < 4.78 is 17.9. The molecule has 0 spiro atoms. The Morgan fingerprint density at radius 1 is 1.78 bits per heavy atom. The Morgan fingerprint density at radius 3 is 2.89 bits per heavy atom. The molecule has 0 aromatic rings. The molecule has 0 aromatic heterocycles. The van der Waals surface area contributed by atoms with Crippen molar-refractivity contribution in [3.63, 3.8) is 0 Å². The second kappa shape index (κ2) is 5.19. The molecule has 0 aromatic carbocycles. The molecule has 1 atom stereocenters. The minimum atomic E-state index is -2.03. The van der Waals surface area contributed by atoms with Crippen LogP contribution in [0.5, 0.6) is 0 Å². The van der Waals surface area contributed by atoms with Crippen LogP contribution in [-0.4, -0.2) is 20.6 Å². The molecule has 0 heterocycles. The highest BCUT2D eigenvalue weighted by Gasteiger charge is 1.77. The molecule has 1 unspecified atom stereocenters. The molecule has 0 amide bonds. The summed E-state index contributed by atoms with van der Waals surface area (Å²) >= 11 is -2.03. The molecule has 0 radical (unpaired) electrons. The van der Waals surface area contributed by atoms with Crippen LogP contribution < -0.4 is 11.3 Å². The molecule has 0 rings (SSSR count). The first kappa shape index (κ1) is 8.05. The van der Waals surface area contributed by atoms with Crippen molar-refractivity contribution in [2.75, 3.05) is 0 Å². The van der Waals surface area contributed by atoms with Crippen molar-refractivity contribution in [3.8, 4) is 0 Å². The second-order valence-electron chi connectivity index (χ2n) is 0.918. The zero-order valence-corrected chi connectivity index (χ0v) is 5.21. The summed E-state index contributed by atoms with van der Waals surface area (Å²) in [6, 6.07) is 0. The lowest BCUT2D eigenvalue weighted by Gasteiger charge is -1.82. The SMILES string of the molecule is NN=CNN=CS(=O)O. The fraction of sp³-hybridized carbons (Fsp3) is 0. The molecule has 0 bridgehead atoms. The lowest BCUT2D eigenvalue weighted by Crippen LogP contribution is -2.04. The van der Waals surface area contributed by atoms with Gasteiger partial charge >= 0.3 is 0 Å². The zero-order chi connectivity index (χ0) is 7.11. The quantitative estimate of drug-likeness (QED) is 0.152. The Balaban J connectivity index is 3.36. The number of nitrogens with two attached hydrogens (primary N) is 1. The third-order valence-electron chi connectivity index (χ3n) is 0.350. The van der Waals surface area contributed by atoms with Crippen molar-refractivity contribution in [2.24, 2.45) is 16.0 Å². The number of nitrogens with zero attached hydrogens (tertiary/aromatic N) is 2. The average molecular weight is 150 g/mol. The maximum absolute atomic E-state index is 9.81. The number of hydrogen-bond acceptors (Lipinski definition) is 4. The van der Waals surface area contributed by atoms with E-state index in [2.05, 4.69) is 21.5 Å². The minimum Gasteiger partial charge on any atom is -0.322 e. The predicted molar refractivity (Wildman–Crippen MR) is 35.1 cm³/mol. The van der Waals surface area contributed by atoms with Crippen LogP contribution in [0, 0.1) is 0 Å². The molecule has 0 fully saturated rings. The van der Waals surface area contributed by atoms with E-state index in [9.17, 15) is 4.21 Å². The van der Waals surface area contributed by atoms with Crippen LogP contribution in [0.1, 0.15) is 0 Å². The fourth-order valence-electron chi connectivity index (χ4n) is 0.142. The maximum atomic E-state index is 9.81. The molecule has 0 saturated carbocycles. The van der Waals surface area contributed by atoms with Gasteiger partial charge in [-0.05, 0) is 0 Å². The number of nitrogens with one attached hydrogen (secondary N) is 1. The largest absolute Gasteiger partial charge is 0.322 e. The lowest BCUT2D eigenvalue weighted by molar-refractivity contribution is 0.578. The smallest absolute Gasteiger partial charge is 0.199 e. The molecule has 0 saturated heterocycles. The first-order valence-corrected chi connectivity index (χ1v) is 3.04. The highest BCUT2D eigenvalue weighted by Crippen LogP contribution is 1.60. The minimum absolute atomic E-state index is 0.793. The van der Waals surface area contributed by atoms with E-state index in [1.54, 1.807) is 0 Å². The lowest BCUT2D eigenvalue weighted by atomic mass is 11.3. The molecule has 4 N–H and O–H groups in total. The van der Waals surface area contributed by atoms with Gasteiger partial charge in [-0.2, -0.15) is 10.2 Å². The van der Waals surface area contributed by atoms with Crippen molar-refractivity contribution in [3.05, 3.63) is 0 Å². The third kappa shape index (κ3) is 7.05. The van der Waals surface area contributed by atoms with Crippen LogP contribution >= 0.6 is 0 Å². The van der Waals surface area contributed by atoms with Crippen molar-refractivity contribution >= 4 is 23.0 Å². The van der Waals surface area contributed by atoms with E-state index in [0.717, 1.165) is 11.9 Å². The fourth-order valence-corrected chi connectivity index (χ4v) is 0.293. The predicted octanol–water partition coefficient (Wildman–Crippen LogP) is -1.36. The Labute approximate surface area is 54.1 Å². The van der Waals surface area contributed by atoms with Crippen LogP contribution in [0.25, 0.3) is 0 Å². The monoisotopic (exact) mass is 150 g/mol. The molecule has 7 heteroatoms. The van der Waals surface area contributed by atoms with Gasteiger partial charge in [0, 0.05) is 0 Å². The molecule has 9 heavy (non-hydrogen) atoms. The van der Waals surface area contributed by atoms with Crippen LogP contribution in [0.15, 0.2) is 10.2 Å². The maximum Gasteiger partial charge on any atom is 0.199 e. The second-order valence-corrected chi connectivity index (χ2v) is 1.68. The van der Waals surface area contributed by atoms with Crippen LogP contribution in [0.3, 0.4) is 0 Å². The number of rotatable bonds is 3. The van der Waals surface area contributed by atoms with Gasteiger partial charge in [0.2, 0.25) is 0 Å². The van der Waals surface area contributed by atoms with Gasteiger partial charge in [0.15, 0.2) is 11.1 Å². The normalized spacial score (nSPS) is 14.8. The van der Waals surface area contributed by atoms with E-state index in [-0.39, 0.29) is 0 Å². The van der Waals surface area contributed by atoms with Crippen LogP contribution in [0.2, 0.25) is 0 Å². The summed E-state index contributed by atoms with van der Waals surface area (Å²) in [4.78, 5) is 0. The van der Waals surface area contributed by atoms with Crippen molar-refractivity contribution in [1.29, 1.82) is 0 Å². The van der Waals surface area contributed by atoms with Gasteiger partial charge in [-0.25, -0.2) is 4.21 Å². The van der Waals surface area contributed by atoms with Gasteiger partial charge in [-0.3, -0.25) is 5.43 Å². The summed E-state index contributed by atoms with van der Waals surface area (Å²) in [5.41, 5.74) is 2.96. The number of hydrogen-bond donors (Lipinski definition) is 3.